The van der Waals surface area contributed by atoms with Crippen LogP contribution in [0.25, 0.3) is 0 Å². The Morgan fingerprint density at radius 2 is 1.47 bits per heavy atom. The lowest BCUT2D eigenvalue weighted by Crippen LogP contribution is -2.51. The van der Waals surface area contributed by atoms with Gasteiger partial charge in [-0.25, -0.2) is 4.79 Å². The standard InChI is InChI=1S/C15H21NO3.C7H15NO.C4H8O2/c1-2-15(8-10-18-11-9-15)16-14(17)19-12-13-6-4-3-5-7-13;1-2-7(8)3-5-9-6-4-7;1-3-6-4(2)5/h3-7H,2,8-12H2,1H3,(H,16,17);2-6,8H2,1H3;3H2,1-2H3. The lowest BCUT2D eigenvalue weighted by molar-refractivity contribution is -0.140. The fraction of sp³-hybridized carbons (Fsp3) is 0.692. The van der Waals surface area contributed by atoms with Gasteiger partial charge in [0, 0.05) is 44.4 Å². The Labute approximate surface area is 204 Å². The van der Waals surface area contributed by atoms with Crippen molar-refractivity contribution < 1.29 is 28.5 Å². The van der Waals surface area contributed by atoms with Crippen LogP contribution in [0.15, 0.2) is 30.3 Å². The fourth-order valence-electron chi connectivity index (χ4n) is 3.64. The summed E-state index contributed by atoms with van der Waals surface area (Å²) in [6.45, 7) is 11.3. The molecule has 2 aliphatic heterocycles. The van der Waals surface area contributed by atoms with E-state index in [4.69, 9.17) is 19.9 Å². The predicted molar refractivity (Wildman–Crippen MR) is 132 cm³/mol. The number of nitrogens with two attached hydrogens (primary N) is 1. The van der Waals surface area contributed by atoms with Crippen LogP contribution >= 0.6 is 0 Å². The molecule has 0 spiro atoms. The number of hydrogen-bond acceptors (Lipinski definition) is 7. The van der Waals surface area contributed by atoms with E-state index in [0.29, 0.717) is 26.4 Å². The summed E-state index contributed by atoms with van der Waals surface area (Å²) in [7, 11) is 0. The number of rotatable bonds is 6. The lowest BCUT2D eigenvalue weighted by atomic mass is 9.87. The molecule has 0 aromatic heterocycles. The number of esters is 1. The van der Waals surface area contributed by atoms with E-state index in [9.17, 15) is 9.59 Å². The molecule has 0 unspecified atom stereocenters. The van der Waals surface area contributed by atoms with E-state index in [2.05, 4.69) is 23.9 Å². The topological polar surface area (TPSA) is 109 Å². The molecule has 1 amide bonds. The average Bonchev–Trinajstić information content (AvgIpc) is 2.85. The van der Waals surface area contributed by atoms with Crippen LogP contribution in [0.4, 0.5) is 4.79 Å². The Kier molecular flexibility index (Phi) is 14.5. The summed E-state index contributed by atoms with van der Waals surface area (Å²) in [5.74, 6) is -0.211. The molecule has 2 saturated heterocycles. The third kappa shape index (κ3) is 12.3. The lowest BCUT2D eigenvalue weighted by Gasteiger charge is -2.36. The molecule has 0 atom stereocenters. The van der Waals surface area contributed by atoms with Crippen molar-refractivity contribution in [2.75, 3.05) is 33.0 Å². The quantitative estimate of drug-likeness (QED) is 0.583. The van der Waals surface area contributed by atoms with E-state index < -0.39 is 0 Å². The second-order valence-corrected chi connectivity index (χ2v) is 8.69. The summed E-state index contributed by atoms with van der Waals surface area (Å²) < 4.78 is 20.2. The van der Waals surface area contributed by atoms with E-state index in [1.54, 1.807) is 6.92 Å². The maximum atomic E-state index is 11.9. The van der Waals surface area contributed by atoms with Crippen LogP contribution in [0.1, 0.15) is 71.8 Å². The highest BCUT2D eigenvalue weighted by atomic mass is 16.5. The van der Waals surface area contributed by atoms with E-state index >= 15 is 0 Å². The first-order valence-electron chi connectivity index (χ1n) is 12.3. The van der Waals surface area contributed by atoms with Crippen LogP contribution < -0.4 is 11.1 Å². The van der Waals surface area contributed by atoms with Gasteiger partial charge in [-0.15, -0.1) is 0 Å². The van der Waals surface area contributed by atoms with Crippen LogP contribution in [0.2, 0.25) is 0 Å². The molecule has 1 aromatic rings. The third-order valence-corrected chi connectivity index (χ3v) is 6.25. The molecule has 0 saturated carbocycles. The van der Waals surface area contributed by atoms with Crippen LogP contribution in [0.5, 0.6) is 0 Å². The Hall–Kier alpha value is -2.16. The van der Waals surface area contributed by atoms with E-state index in [0.717, 1.165) is 57.3 Å². The third-order valence-electron chi connectivity index (χ3n) is 6.25. The molecular formula is C26H44N2O6. The zero-order valence-electron chi connectivity index (χ0n) is 21.4. The van der Waals surface area contributed by atoms with Crippen molar-refractivity contribution in [2.45, 2.75) is 83.9 Å². The molecule has 1 aromatic carbocycles. The number of alkyl carbamates (subject to hydrolysis) is 1. The monoisotopic (exact) mass is 480 g/mol. The summed E-state index contributed by atoms with van der Waals surface area (Å²) in [6, 6.07) is 9.69. The molecule has 8 heteroatoms. The number of amides is 1. The van der Waals surface area contributed by atoms with Crippen molar-refractivity contribution >= 4 is 12.1 Å². The molecule has 8 nitrogen and oxygen atoms in total. The second kappa shape index (κ2) is 16.5. The van der Waals surface area contributed by atoms with Crippen LogP contribution in [-0.4, -0.2) is 56.2 Å². The van der Waals surface area contributed by atoms with Crippen molar-refractivity contribution in [3.05, 3.63) is 35.9 Å². The highest BCUT2D eigenvalue weighted by Crippen LogP contribution is 2.24. The molecule has 0 radical (unpaired) electrons. The van der Waals surface area contributed by atoms with Gasteiger partial charge in [-0.1, -0.05) is 44.2 Å². The Balaban J connectivity index is 0.000000318. The second-order valence-electron chi connectivity index (χ2n) is 8.69. The van der Waals surface area contributed by atoms with Gasteiger partial charge < -0.3 is 30.0 Å². The van der Waals surface area contributed by atoms with E-state index in [-0.39, 0.29) is 23.1 Å². The number of benzene rings is 1. The smallest absolute Gasteiger partial charge is 0.407 e. The molecule has 194 valence electrons. The minimum Gasteiger partial charge on any atom is -0.466 e. The first kappa shape index (κ1) is 29.9. The highest BCUT2D eigenvalue weighted by molar-refractivity contribution is 5.68. The average molecular weight is 481 g/mol. The summed E-state index contributed by atoms with van der Waals surface area (Å²) in [6.07, 6.45) is 5.40. The van der Waals surface area contributed by atoms with Crippen LogP contribution in [0.3, 0.4) is 0 Å². The molecule has 3 N–H and O–H groups in total. The molecule has 0 bridgehead atoms. The van der Waals surface area contributed by atoms with Gasteiger partial charge in [0.2, 0.25) is 0 Å². The van der Waals surface area contributed by atoms with Gasteiger partial charge in [-0.05, 0) is 51.0 Å². The van der Waals surface area contributed by atoms with Gasteiger partial charge in [-0.2, -0.15) is 0 Å². The minimum absolute atomic E-state index is 0.0955. The molecule has 34 heavy (non-hydrogen) atoms. The SMILES string of the molecule is CCC1(N)CCOCC1.CCC1(NC(=O)OCc2ccccc2)CCOCC1.CCOC(C)=O. The molecular weight excluding hydrogens is 436 g/mol. The van der Waals surface area contributed by atoms with Crippen molar-refractivity contribution in [1.29, 1.82) is 0 Å². The minimum atomic E-state index is -0.340. The van der Waals surface area contributed by atoms with Crippen LogP contribution in [0, 0.1) is 0 Å². The molecule has 0 aliphatic carbocycles. The van der Waals surface area contributed by atoms with Crippen molar-refractivity contribution in [3.63, 3.8) is 0 Å². The summed E-state index contributed by atoms with van der Waals surface area (Å²) in [5.41, 5.74) is 6.91. The predicted octanol–water partition coefficient (Wildman–Crippen LogP) is 4.35. The van der Waals surface area contributed by atoms with Gasteiger partial charge in [0.15, 0.2) is 0 Å². The van der Waals surface area contributed by atoms with Crippen molar-refractivity contribution in [1.82, 2.24) is 5.32 Å². The summed E-state index contributed by atoms with van der Waals surface area (Å²) in [4.78, 5) is 21.7. The molecule has 2 aliphatic rings. The van der Waals surface area contributed by atoms with Gasteiger partial charge in [0.05, 0.1) is 6.61 Å². The summed E-state index contributed by atoms with van der Waals surface area (Å²) in [5, 5.41) is 3.01. The number of ether oxygens (including phenoxy) is 4. The largest absolute Gasteiger partial charge is 0.466 e. The van der Waals surface area contributed by atoms with Crippen molar-refractivity contribution in [3.8, 4) is 0 Å². The maximum Gasteiger partial charge on any atom is 0.407 e. The van der Waals surface area contributed by atoms with E-state index in [1.807, 2.05) is 30.3 Å². The number of carbonyl (C=O) groups excluding carboxylic acids is 2. The fourth-order valence-corrected chi connectivity index (χ4v) is 3.64. The van der Waals surface area contributed by atoms with Gasteiger partial charge in [0.25, 0.3) is 0 Å². The first-order valence-corrected chi connectivity index (χ1v) is 12.3. The Morgan fingerprint density at radius 1 is 0.912 bits per heavy atom. The number of carbonyl (C=O) groups is 2. The zero-order chi connectivity index (χ0) is 25.3. The summed E-state index contributed by atoms with van der Waals surface area (Å²) >= 11 is 0. The Morgan fingerprint density at radius 3 is 1.88 bits per heavy atom. The molecule has 2 fully saturated rings. The van der Waals surface area contributed by atoms with Gasteiger partial charge in [0.1, 0.15) is 6.61 Å². The van der Waals surface area contributed by atoms with E-state index in [1.165, 1.54) is 6.92 Å². The van der Waals surface area contributed by atoms with Crippen LogP contribution in [-0.2, 0) is 30.3 Å². The molecule has 2 heterocycles. The van der Waals surface area contributed by atoms with Gasteiger partial charge >= 0.3 is 12.1 Å². The van der Waals surface area contributed by atoms with Gasteiger partial charge in [-0.3, -0.25) is 4.79 Å². The van der Waals surface area contributed by atoms with Crippen molar-refractivity contribution in [2.24, 2.45) is 5.73 Å². The maximum absolute atomic E-state index is 11.9. The highest BCUT2D eigenvalue weighted by Gasteiger charge is 2.32. The normalized spacial score (nSPS) is 18.1. The number of hydrogen-bond donors (Lipinski definition) is 2. The molecule has 3 rings (SSSR count). The Bertz CT molecular complexity index is 686. The first-order chi connectivity index (χ1) is 16.3. The zero-order valence-corrected chi connectivity index (χ0v) is 21.4. The number of nitrogens with one attached hydrogen (secondary N) is 1.